The molecular weight excluding hydrogens is 190 g/mol. The SMILES string of the molecule is CC1CCCNC1CN1CCCNC1=O. The highest BCUT2D eigenvalue weighted by atomic mass is 16.2. The first kappa shape index (κ1) is 10.7. The van der Waals surface area contributed by atoms with Crippen LogP contribution in [0.15, 0.2) is 0 Å². The minimum atomic E-state index is 0.112. The van der Waals surface area contributed by atoms with E-state index in [1.165, 1.54) is 12.8 Å². The van der Waals surface area contributed by atoms with Gasteiger partial charge in [-0.25, -0.2) is 4.79 Å². The van der Waals surface area contributed by atoms with Crippen molar-refractivity contribution in [3.8, 4) is 0 Å². The Morgan fingerprint density at radius 3 is 3.00 bits per heavy atom. The lowest BCUT2D eigenvalue weighted by Crippen LogP contribution is -2.54. The largest absolute Gasteiger partial charge is 0.338 e. The highest BCUT2D eigenvalue weighted by Crippen LogP contribution is 2.17. The van der Waals surface area contributed by atoms with Crippen LogP contribution in [0.5, 0.6) is 0 Å². The van der Waals surface area contributed by atoms with Crippen molar-refractivity contribution in [2.45, 2.75) is 32.2 Å². The lowest BCUT2D eigenvalue weighted by Gasteiger charge is -2.36. The van der Waals surface area contributed by atoms with Crippen LogP contribution in [0.25, 0.3) is 0 Å². The molecule has 2 amide bonds. The smallest absolute Gasteiger partial charge is 0.317 e. The maximum absolute atomic E-state index is 11.6. The molecule has 2 N–H and O–H groups in total. The Balaban J connectivity index is 1.86. The number of rotatable bonds is 2. The van der Waals surface area contributed by atoms with Gasteiger partial charge in [0.25, 0.3) is 0 Å². The fraction of sp³-hybridized carbons (Fsp3) is 0.909. The summed E-state index contributed by atoms with van der Waals surface area (Å²) < 4.78 is 0. The van der Waals surface area contributed by atoms with Gasteiger partial charge in [0.2, 0.25) is 0 Å². The first-order valence-electron chi connectivity index (χ1n) is 6.03. The summed E-state index contributed by atoms with van der Waals surface area (Å²) in [5.41, 5.74) is 0. The Kier molecular flexibility index (Phi) is 3.46. The van der Waals surface area contributed by atoms with Gasteiger partial charge in [-0.2, -0.15) is 0 Å². The van der Waals surface area contributed by atoms with E-state index in [-0.39, 0.29) is 6.03 Å². The lowest BCUT2D eigenvalue weighted by molar-refractivity contribution is 0.164. The van der Waals surface area contributed by atoms with Crippen molar-refractivity contribution in [1.82, 2.24) is 15.5 Å². The second-order valence-corrected chi connectivity index (χ2v) is 4.71. The number of nitrogens with zero attached hydrogens (tertiary/aromatic N) is 1. The molecule has 0 bridgehead atoms. The zero-order chi connectivity index (χ0) is 10.7. The fourth-order valence-corrected chi connectivity index (χ4v) is 2.45. The minimum Gasteiger partial charge on any atom is -0.338 e. The van der Waals surface area contributed by atoms with Crippen LogP contribution in [0.1, 0.15) is 26.2 Å². The average Bonchev–Trinajstić information content (AvgIpc) is 2.24. The van der Waals surface area contributed by atoms with Gasteiger partial charge in [0, 0.05) is 25.7 Å². The molecule has 4 nitrogen and oxygen atoms in total. The topological polar surface area (TPSA) is 44.4 Å². The Morgan fingerprint density at radius 1 is 1.40 bits per heavy atom. The zero-order valence-electron chi connectivity index (χ0n) is 9.46. The highest BCUT2D eigenvalue weighted by Gasteiger charge is 2.26. The number of carbonyl (C=O) groups is 1. The summed E-state index contributed by atoms with van der Waals surface area (Å²) in [4.78, 5) is 13.5. The zero-order valence-corrected chi connectivity index (χ0v) is 9.46. The molecule has 0 saturated carbocycles. The molecule has 0 aromatic carbocycles. The first-order chi connectivity index (χ1) is 7.27. The maximum atomic E-state index is 11.6. The Hall–Kier alpha value is -0.770. The number of piperidine rings is 1. The number of carbonyl (C=O) groups excluding carboxylic acids is 1. The second kappa shape index (κ2) is 4.84. The Labute approximate surface area is 91.4 Å². The van der Waals surface area contributed by atoms with Crippen molar-refractivity contribution in [2.24, 2.45) is 5.92 Å². The molecule has 2 heterocycles. The van der Waals surface area contributed by atoms with E-state index in [0.29, 0.717) is 12.0 Å². The van der Waals surface area contributed by atoms with Crippen LogP contribution in [-0.2, 0) is 0 Å². The van der Waals surface area contributed by atoms with Gasteiger partial charge in [-0.3, -0.25) is 0 Å². The molecule has 2 unspecified atom stereocenters. The summed E-state index contributed by atoms with van der Waals surface area (Å²) in [6.45, 7) is 6.00. The van der Waals surface area contributed by atoms with Gasteiger partial charge in [-0.05, 0) is 31.7 Å². The van der Waals surface area contributed by atoms with Gasteiger partial charge in [-0.1, -0.05) is 6.92 Å². The summed E-state index contributed by atoms with van der Waals surface area (Å²) in [5, 5.41) is 6.41. The van der Waals surface area contributed by atoms with E-state index >= 15 is 0 Å². The fourth-order valence-electron chi connectivity index (χ4n) is 2.45. The molecule has 0 radical (unpaired) electrons. The van der Waals surface area contributed by atoms with E-state index in [4.69, 9.17) is 0 Å². The number of urea groups is 1. The molecule has 0 aromatic rings. The molecule has 0 aromatic heterocycles. The molecule has 4 heteroatoms. The Bertz CT molecular complexity index is 232. The molecule has 2 fully saturated rings. The van der Waals surface area contributed by atoms with Crippen molar-refractivity contribution in [2.75, 3.05) is 26.2 Å². The number of nitrogens with one attached hydrogen (secondary N) is 2. The van der Waals surface area contributed by atoms with E-state index in [9.17, 15) is 4.79 Å². The van der Waals surface area contributed by atoms with E-state index in [0.717, 1.165) is 32.6 Å². The standard InChI is InChI=1S/C11H21N3O/c1-9-4-2-5-12-10(9)8-14-7-3-6-13-11(14)15/h9-10,12H,2-8H2,1H3,(H,13,15). The molecule has 2 aliphatic heterocycles. The van der Waals surface area contributed by atoms with Gasteiger partial charge in [0.15, 0.2) is 0 Å². The number of hydrogen-bond acceptors (Lipinski definition) is 2. The van der Waals surface area contributed by atoms with E-state index in [2.05, 4.69) is 17.6 Å². The predicted molar refractivity (Wildman–Crippen MR) is 59.8 cm³/mol. The van der Waals surface area contributed by atoms with Crippen LogP contribution in [0.4, 0.5) is 4.79 Å². The third-order valence-electron chi connectivity index (χ3n) is 3.51. The molecule has 0 spiro atoms. The maximum Gasteiger partial charge on any atom is 0.317 e. The number of amides is 2. The minimum absolute atomic E-state index is 0.112. The summed E-state index contributed by atoms with van der Waals surface area (Å²) in [6.07, 6.45) is 3.63. The van der Waals surface area contributed by atoms with Gasteiger partial charge in [0.1, 0.15) is 0 Å². The third-order valence-corrected chi connectivity index (χ3v) is 3.51. The summed E-state index contributed by atoms with van der Waals surface area (Å²) in [7, 11) is 0. The first-order valence-corrected chi connectivity index (χ1v) is 6.03. The van der Waals surface area contributed by atoms with Gasteiger partial charge in [0.05, 0.1) is 0 Å². The quantitative estimate of drug-likeness (QED) is 0.709. The van der Waals surface area contributed by atoms with Crippen LogP contribution < -0.4 is 10.6 Å². The molecule has 2 atom stereocenters. The molecule has 15 heavy (non-hydrogen) atoms. The molecule has 0 aliphatic carbocycles. The van der Waals surface area contributed by atoms with E-state index in [1.807, 2.05) is 4.90 Å². The summed E-state index contributed by atoms with van der Waals surface area (Å²) in [6, 6.07) is 0.600. The molecular formula is C11H21N3O. The van der Waals surface area contributed by atoms with E-state index in [1.54, 1.807) is 0 Å². The van der Waals surface area contributed by atoms with Crippen LogP contribution >= 0.6 is 0 Å². The summed E-state index contributed by atoms with van der Waals surface area (Å²) in [5.74, 6) is 0.688. The van der Waals surface area contributed by atoms with E-state index < -0.39 is 0 Å². The monoisotopic (exact) mass is 211 g/mol. The Morgan fingerprint density at radius 2 is 2.27 bits per heavy atom. The van der Waals surface area contributed by atoms with Crippen LogP contribution in [-0.4, -0.2) is 43.2 Å². The van der Waals surface area contributed by atoms with Gasteiger partial charge < -0.3 is 15.5 Å². The van der Waals surface area contributed by atoms with Crippen LogP contribution in [0.3, 0.4) is 0 Å². The second-order valence-electron chi connectivity index (χ2n) is 4.71. The van der Waals surface area contributed by atoms with Gasteiger partial charge >= 0.3 is 6.03 Å². The lowest BCUT2D eigenvalue weighted by atomic mass is 9.92. The van der Waals surface area contributed by atoms with Gasteiger partial charge in [-0.15, -0.1) is 0 Å². The highest BCUT2D eigenvalue weighted by molar-refractivity contribution is 5.74. The summed E-state index contributed by atoms with van der Waals surface area (Å²) >= 11 is 0. The molecule has 86 valence electrons. The average molecular weight is 211 g/mol. The molecule has 2 aliphatic rings. The van der Waals surface area contributed by atoms with Crippen molar-refractivity contribution < 1.29 is 4.79 Å². The van der Waals surface area contributed by atoms with Crippen LogP contribution in [0.2, 0.25) is 0 Å². The van der Waals surface area contributed by atoms with Crippen LogP contribution in [0, 0.1) is 5.92 Å². The molecule has 2 rings (SSSR count). The van der Waals surface area contributed by atoms with Crippen molar-refractivity contribution >= 4 is 6.03 Å². The van der Waals surface area contributed by atoms with Crippen molar-refractivity contribution in [3.05, 3.63) is 0 Å². The number of hydrogen-bond donors (Lipinski definition) is 2. The van der Waals surface area contributed by atoms with Crippen molar-refractivity contribution in [1.29, 1.82) is 0 Å². The third kappa shape index (κ3) is 2.62. The molecule has 2 saturated heterocycles. The van der Waals surface area contributed by atoms with Crippen molar-refractivity contribution in [3.63, 3.8) is 0 Å². The normalized spacial score (nSPS) is 32.6. The predicted octanol–water partition coefficient (Wildman–Crippen LogP) is 0.790.